The van der Waals surface area contributed by atoms with Crippen LogP contribution in [0.4, 0.5) is 14.5 Å². The molecule has 0 aromatic heterocycles. The highest BCUT2D eigenvalue weighted by atomic mass is 32.2. The number of sulfonamides is 1. The lowest BCUT2D eigenvalue weighted by atomic mass is 10.1. The van der Waals surface area contributed by atoms with Gasteiger partial charge in [-0.15, -0.1) is 0 Å². The Morgan fingerprint density at radius 3 is 2.23 bits per heavy atom. The number of amides is 2. The monoisotopic (exact) mass is 511 g/mol. The molecule has 1 N–H and O–H groups in total. The van der Waals surface area contributed by atoms with Gasteiger partial charge in [0.25, 0.3) is 0 Å². The quantitative estimate of drug-likeness (QED) is 0.473. The molecule has 0 radical (unpaired) electrons. The van der Waals surface area contributed by atoms with Crippen molar-refractivity contribution in [2.24, 2.45) is 0 Å². The smallest absolute Gasteiger partial charge is 0.244 e. The Hall–Kier alpha value is -3.21. The highest BCUT2D eigenvalue weighted by Crippen LogP contribution is 2.22. The molecular weight excluding hydrogens is 480 g/mol. The lowest BCUT2D eigenvalue weighted by Crippen LogP contribution is -2.52. The zero-order valence-corrected chi connectivity index (χ0v) is 21.1. The Kier molecular flexibility index (Phi) is 10.00. The molecular formula is C24H31F2N3O5S. The van der Waals surface area contributed by atoms with E-state index in [0.29, 0.717) is 34.7 Å². The summed E-state index contributed by atoms with van der Waals surface area (Å²) in [5, 5.41) is 2.78. The lowest BCUT2D eigenvalue weighted by Gasteiger charge is -2.33. The van der Waals surface area contributed by atoms with E-state index in [1.54, 1.807) is 31.2 Å². The minimum Gasteiger partial charge on any atom is -0.497 e. The van der Waals surface area contributed by atoms with Crippen molar-refractivity contribution >= 4 is 27.5 Å². The van der Waals surface area contributed by atoms with Gasteiger partial charge in [-0.25, -0.2) is 17.2 Å². The zero-order chi connectivity index (χ0) is 26.2. The van der Waals surface area contributed by atoms with Crippen molar-refractivity contribution in [1.29, 1.82) is 0 Å². The number of carbonyl (C=O) groups is 2. The molecule has 0 fully saturated rings. The van der Waals surface area contributed by atoms with Crippen LogP contribution in [0.25, 0.3) is 0 Å². The number of halogens is 2. The second kappa shape index (κ2) is 12.5. The highest BCUT2D eigenvalue weighted by molar-refractivity contribution is 7.92. The van der Waals surface area contributed by atoms with E-state index in [-0.39, 0.29) is 24.6 Å². The number of carbonyl (C=O) groups excluding carboxylic acids is 2. The van der Waals surface area contributed by atoms with Gasteiger partial charge in [0.2, 0.25) is 21.8 Å². The Balaban J connectivity index is 2.43. The Labute approximate surface area is 204 Å². The van der Waals surface area contributed by atoms with Crippen LogP contribution in [0.5, 0.6) is 5.75 Å². The summed E-state index contributed by atoms with van der Waals surface area (Å²) in [5.41, 5.74) is 0.493. The number of benzene rings is 2. The van der Waals surface area contributed by atoms with E-state index in [2.05, 4.69) is 5.32 Å². The molecule has 0 saturated heterocycles. The Morgan fingerprint density at radius 2 is 1.71 bits per heavy atom. The van der Waals surface area contributed by atoms with Crippen molar-refractivity contribution in [2.45, 2.75) is 39.3 Å². The third-order valence-corrected chi connectivity index (χ3v) is 6.46. The molecule has 8 nitrogen and oxygen atoms in total. The molecule has 11 heteroatoms. The first-order valence-corrected chi connectivity index (χ1v) is 13.0. The molecule has 2 rings (SSSR count). The zero-order valence-electron chi connectivity index (χ0n) is 20.3. The first-order valence-electron chi connectivity index (χ1n) is 11.1. The standard InChI is InChI=1S/C24H31F2N3O5S/c1-5-13-27-24(31)22(6-2)28(15-17-7-10-19(34-3)11-8-17)23(30)16-29(35(4,32)33)18-9-12-20(25)21(26)14-18/h7-12,14,22H,5-6,13,15-16H2,1-4H3,(H,27,31). The van der Waals surface area contributed by atoms with Gasteiger partial charge in [-0.3, -0.25) is 13.9 Å². The van der Waals surface area contributed by atoms with Gasteiger partial charge in [0.05, 0.1) is 19.1 Å². The molecule has 0 heterocycles. The van der Waals surface area contributed by atoms with Crippen LogP contribution in [0.3, 0.4) is 0 Å². The van der Waals surface area contributed by atoms with Crippen molar-refractivity contribution in [3.63, 3.8) is 0 Å². The number of nitrogens with one attached hydrogen (secondary N) is 1. The molecule has 0 spiro atoms. The van der Waals surface area contributed by atoms with Crippen molar-refractivity contribution in [3.05, 3.63) is 59.7 Å². The summed E-state index contributed by atoms with van der Waals surface area (Å²) >= 11 is 0. The number of rotatable bonds is 12. The van der Waals surface area contributed by atoms with Crippen LogP contribution in [0.1, 0.15) is 32.3 Å². The second-order valence-corrected chi connectivity index (χ2v) is 9.86. The van der Waals surface area contributed by atoms with Crippen molar-refractivity contribution < 1.29 is 31.5 Å². The van der Waals surface area contributed by atoms with Crippen LogP contribution >= 0.6 is 0 Å². The molecule has 2 aromatic rings. The van der Waals surface area contributed by atoms with Gasteiger partial charge in [0, 0.05) is 19.2 Å². The number of nitrogens with zero attached hydrogens (tertiary/aromatic N) is 2. The molecule has 0 bridgehead atoms. The Morgan fingerprint density at radius 1 is 1.06 bits per heavy atom. The third kappa shape index (κ3) is 7.64. The second-order valence-electron chi connectivity index (χ2n) is 7.95. The van der Waals surface area contributed by atoms with Crippen molar-refractivity contribution in [1.82, 2.24) is 10.2 Å². The van der Waals surface area contributed by atoms with Crippen LogP contribution in [0.2, 0.25) is 0 Å². The predicted molar refractivity (Wildman–Crippen MR) is 129 cm³/mol. The van der Waals surface area contributed by atoms with Crippen LogP contribution in [0.15, 0.2) is 42.5 Å². The third-order valence-electron chi connectivity index (χ3n) is 5.32. The van der Waals surface area contributed by atoms with Gasteiger partial charge in [0.15, 0.2) is 11.6 Å². The number of anilines is 1. The fraction of sp³-hybridized carbons (Fsp3) is 0.417. The van der Waals surface area contributed by atoms with Gasteiger partial charge in [-0.2, -0.15) is 0 Å². The maximum Gasteiger partial charge on any atom is 0.244 e. The van der Waals surface area contributed by atoms with E-state index in [9.17, 15) is 26.8 Å². The van der Waals surface area contributed by atoms with Gasteiger partial charge in [-0.05, 0) is 42.7 Å². The first-order chi connectivity index (χ1) is 16.5. The number of hydrogen-bond acceptors (Lipinski definition) is 5. The highest BCUT2D eigenvalue weighted by Gasteiger charge is 2.31. The largest absolute Gasteiger partial charge is 0.497 e. The first kappa shape index (κ1) is 28.0. The van der Waals surface area contributed by atoms with Crippen LogP contribution in [0, 0.1) is 11.6 Å². The van der Waals surface area contributed by atoms with E-state index < -0.39 is 40.2 Å². The maximum absolute atomic E-state index is 13.8. The molecule has 192 valence electrons. The molecule has 2 aromatic carbocycles. The van der Waals surface area contributed by atoms with E-state index in [4.69, 9.17) is 4.74 Å². The van der Waals surface area contributed by atoms with Crippen LogP contribution < -0.4 is 14.4 Å². The molecule has 0 saturated carbocycles. The van der Waals surface area contributed by atoms with Gasteiger partial charge in [-0.1, -0.05) is 26.0 Å². The number of hydrogen-bond donors (Lipinski definition) is 1. The van der Waals surface area contributed by atoms with E-state index >= 15 is 0 Å². The van der Waals surface area contributed by atoms with Crippen molar-refractivity contribution in [3.8, 4) is 5.75 Å². The van der Waals surface area contributed by atoms with E-state index in [1.165, 1.54) is 12.0 Å². The fourth-order valence-corrected chi connectivity index (χ4v) is 4.31. The fourth-order valence-electron chi connectivity index (χ4n) is 3.47. The average molecular weight is 512 g/mol. The SMILES string of the molecule is CCCNC(=O)C(CC)N(Cc1ccc(OC)cc1)C(=O)CN(c1ccc(F)c(F)c1)S(C)(=O)=O. The molecule has 2 amide bonds. The van der Waals surface area contributed by atoms with Gasteiger partial charge >= 0.3 is 0 Å². The topological polar surface area (TPSA) is 96.0 Å². The Bertz CT molecular complexity index is 1130. The summed E-state index contributed by atoms with van der Waals surface area (Å²) < 4.78 is 58.0. The minimum absolute atomic E-state index is 0.0241. The summed E-state index contributed by atoms with van der Waals surface area (Å²) in [7, 11) is -2.52. The normalized spacial score (nSPS) is 12.1. The summed E-state index contributed by atoms with van der Waals surface area (Å²) in [6.45, 7) is 3.39. The molecule has 1 atom stereocenters. The number of ether oxygens (including phenoxy) is 1. The van der Waals surface area contributed by atoms with Crippen molar-refractivity contribution in [2.75, 3.05) is 30.8 Å². The van der Waals surface area contributed by atoms with E-state index in [1.807, 2.05) is 6.92 Å². The minimum atomic E-state index is -4.05. The molecule has 0 aliphatic heterocycles. The molecule has 1 unspecified atom stereocenters. The summed E-state index contributed by atoms with van der Waals surface area (Å²) in [6.07, 6.45) is 1.84. The van der Waals surface area contributed by atoms with E-state index in [0.717, 1.165) is 18.4 Å². The van der Waals surface area contributed by atoms with Crippen LogP contribution in [-0.4, -0.2) is 57.6 Å². The average Bonchev–Trinajstić information content (AvgIpc) is 2.82. The predicted octanol–water partition coefficient (Wildman–Crippen LogP) is 3.07. The molecule has 35 heavy (non-hydrogen) atoms. The van der Waals surface area contributed by atoms with Crippen LogP contribution in [-0.2, 0) is 26.2 Å². The summed E-state index contributed by atoms with van der Waals surface area (Å²) in [5.74, 6) is -2.82. The summed E-state index contributed by atoms with van der Waals surface area (Å²) in [4.78, 5) is 27.6. The number of methoxy groups -OCH3 is 1. The lowest BCUT2D eigenvalue weighted by molar-refractivity contribution is -0.140. The maximum atomic E-state index is 13.8. The molecule has 0 aliphatic rings. The summed E-state index contributed by atoms with van der Waals surface area (Å²) in [6, 6.07) is 8.59. The molecule has 0 aliphatic carbocycles. The van der Waals surface area contributed by atoms with Gasteiger partial charge < -0.3 is 15.0 Å². The van der Waals surface area contributed by atoms with Gasteiger partial charge in [0.1, 0.15) is 18.3 Å².